The topological polar surface area (TPSA) is 41.6 Å². The third kappa shape index (κ3) is 4.61. The van der Waals surface area contributed by atoms with Crippen LogP contribution in [0.5, 0.6) is 0 Å². The number of carbonyl (C=O) groups is 1. The quantitative estimate of drug-likeness (QED) is 0.889. The molecule has 1 amide bonds. The van der Waals surface area contributed by atoms with Gasteiger partial charge < -0.3 is 10.1 Å². The van der Waals surface area contributed by atoms with Gasteiger partial charge in [-0.2, -0.15) is 0 Å². The van der Waals surface area contributed by atoms with Crippen LogP contribution in [0.3, 0.4) is 0 Å². The summed E-state index contributed by atoms with van der Waals surface area (Å²) >= 11 is 0. The fraction of sp³-hybridized carbons (Fsp3) is 0.500. The molecule has 0 aliphatic carbocycles. The molecule has 1 saturated heterocycles. The lowest BCUT2D eigenvalue weighted by atomic mass is 10.2. The lowest BCUT2D eigenvalue weighted by molar-refractivity contribution is -0.120. The number of hydrogen-bond acceptors (Lipinski definition) is 3. The second-order valence-electron chi connectivity index (χ2n) is 4.79. The third-order valence-corrected chi connectivity index (χ3v) is 3.10. The molecule has 1 heterocycles. The van der Waals surface area contributed by atoms with Crippen LogP contribution < -0.4 is 5.32 Å². The first kappa shape index (κ1) is 14.0. The van der Waals surface area contributed by atoms with Gasteiger partial charge in [0.1, 0.15) is 5.82 Å². The van der Waals surface area contributed by atoms with Crippen LogP contribution in [0, 0.1) is 5.82 Å². The summed E-state index contributed by atoms with van der Waals surface area (Å²) in [6, 6.07) is 6.64. The van der Waals surface area contributed by atoms with Crippen LogP contribution in [0.1, 0.15) is 12.5 Å². The summed E-state index contributed by atoms with van der Waals surface area (Å²) in [5.41, 5.74) is 0.958. The Morgan fingerprint density at radius 2 is 2.42 bits per heavy atom. The van der Waals surface area contributed by atoms with Gasteiger partial charge in [0.05, 0.1) is 12.7 Å². The van der Waals surface area contributed by atoms with Crippen LogP contribution in [0.25, 0.3) is 0 Å². The molecule has 1 atom stereocenters. The van der Waals surface area contributed by atoms with Crippen LogP contribution in [0.4, 0.5) is 4.39 Å². The molecule has 1 fully saturated rings. The van der Waals surface area contributed by atoms with E-state index < -0.39 is 0 Å². The van der Waals surface area contributed by atoms with Crippen molar-refractivity contribution in [2.75, 3.05) is 26.2 Å². The Bertz CT molecular complexity index is 439. The SMILES string of the molecule is CC(=O)NCC1CN(Cc2cccc(F)c2)CCO1. The van der Waals surface area contributed by atoms with Crippen molar-refractivity contribution in [2.45, 2.75) is 19.6 Å². The van der Waals surface area contributed by atoms with Gasteiger partial charge in [0.15, 0.2) is 0 Å². The zero-order chi connectivity index (χ0) is 13.7. The molecule has 104 valence electrons. The summed E-state index contributed by atoms with van der Waals surface area (Å²) in [6.07, 6.45) is 0.00575. The van der Waals surface area contributed by atoms with Gasteiger partial charge in [0, 0.05) is 33.1 Å². The molecule has 1 N–H and O–H groups in total. The molecule has 1 aromatic carbocycles. The average Bonchev–Trinajstić information content (AvgIpc) is 2.37. The molecule has 19 heavy (non-hydrogen) atoms. The molecular weight excluding hydrogens is 247 g/mol. The third-order valence-electron chi connectivity index (χ3n) is 3.10. The normalized spacial score (nSPS) is 20.2. The zero-order valence-corrected chi connectivity index (χ0v) is 11.1. The van der Waals surface area contributed by atoms with Crippen molar-refractivity contribution >= 4 is 5.91 Å². The van der Waals surface area contributed by atoms with Crippen molar-refractivity contribution in [3.8, 4) is 0 Å². The second kappa shape index (κ2) is 6.63. The van der Waals surface area contributed by atoms with Crippen molar-refractivity contribution < 1.29 is 13.9 Å². The first-order chi connectivity index (χ1) is 9.13. The number of benzene rings is 1. The highest BCUT2D eigenvalue weighted by Gasteiger charge is 2.20. The predicted molar refractivity (Wildman–Crippen MR) is 70.1 cm³/mol. The lowest BCUT2D eigenvalue weighted by Gasteiger charge is -2.33. The summed E-state index contributed by atoms with van der Waals surface area (Å²) in [4.78, 5) is 13.1. The molecule has 2 rings (SSSR count). The van der Waals surface area contributed by atoms with Gasteiger partial charge in [-0.1, -0.05) is 12.1 Å². The standard InChI is InChI=1S/C14H19FN2O2/c1-11(18)16-8-14-10-17(5-6-19-14)9-12-3-2-4-13(15)7-12/h2-4,7,14H,5-6,8-10H2,1H3,(H,16,18). The van der Waals surface area contributed by atoms with Gasteiger partial charge >= 0.3 is 0 Å². The van der Waals surface area contributed by atoms with Crippen molar-refractivity contribution in [3.63, 3.8) is 0 Å². The Balaban J connectivity index is 1.85. The van der Waals surface area contributed by atoms with Crippen molar-refractivity contribution in [1.29, 1.82) is 0 Å². The van der Waals surface area contributed by atoms with E-state index in [9.17, 15) is 9.18 Å². The smallest absolute Gasteiger partial charge is 0.216 e. The number of rotatable bonds is 4. The Labute approximate surface area is 112 Å². The van der Waals surface area contributed by atoms with E-state index in [1.54, 1.807) is 12.1 Å². The van der Waals surface area contributed by atoms with Crippen molar-refractivity contribution in [1.82, 2.24) is 10.2 Å². The molecule has 1 aromatic rings. The molecule has 0 aromatic heterocycles. The molecule has 5 heteroatoms. The number of morpholine rings is 1. The van der Waals surface area contributed by atoms with Gasteiger partial charge in [-0.3, -0.25) is 9.69 Å². The predicted octanol–water partition coefficient (Wildman–Crippen LogP) is 1.16. The van der Waals surface area contributed by atoms with Gasteiger partial charge in [-0.05, 0) is 17.7 Å². The number of carbonyl (C=O) groups excluding carboxylic acids is 1. The average molecular weight is 266 g/mol. The van der Waals surface area contributed by atoms with Crippen LogP contribution in [-0.4, -0.2) is 43.2 Å². The second-order valence-corrected chi connectivity index (χ2v) is 4.79. The maximum Gasteiger partial charge on any atom is 0.216 e. The maximum atomic E-state index is 13.1. The molecule has 0 spiro atoms. The fourth-order valence-corrected chi connectivity index (χ4v) is 2.20. The molecule has 1 aliphatic heterocycles. The number of ether oxygens (including phenoxy) is 1. The van der Waals surface area contributed by atoms with E-state index in [4.69, 9.17) is 4.74 Å². The van der Waals surface area contributed by atoms with E-state index in [2.05, 4.69) is 10.2 Å². The summed E-state index contributed by atoms with van der Waals surface area (Å²) in [5, 5.41) is 2.76. The Morgan fingerprint density at radius 1 is 1.58 bits per heavy atom. The van der Waals surface area contributed by atoms with E-state index in [1.165, 1.54) is 13.0 Å². The summed E-state index contributed by atoms with van der Waals surface area (Å²) in [5.74, 6) is -0.258. The van der Waals surface area contributed by atoms with Crippen molar-refractivity contribution in [3.05, 3.63) is 35.6 Å². The molecule has 0 radical (unpaired) electrons. The fourth-order valence-electron chi connectivity index (χ4n) is 2.20. The number of halogens is 1. The number of amides is 1. The van der Waals surface area contributed by atoms with E-state index >= 15 is 0 Å². The van der Waals surface area contributed by atoms with Crippen molar-refractivity contribution in [2.24, 2.45) is 0 Å². The van der Waals surface area contributed by atoms with Crippen LogP contribution in [0.15, 0.2) is 24.3 Å². The van der Waals surface area contributed by atoms with Crippen LogP contribution in [0.2, 0.25) is 0 Å². The molecule has 0 saturated carbocycles. The van der Waals surface area contributed by atoms with Crippen LogP contribution >= 0.6 is 0 Å². The van der Waals surface area contributed by atoms with E-state index in [0.717, 1.165) is 18.7 Å². The lowest BCUT2D eigenvalue weighted by Crippen LogP contribution is -2.46. The van der Waals surface area contributed by atoms with Gasteiger partial charge in [-0.15, -0.1) is 0 Å². The highest BCUT2D eigenvalue weighted by molar-refractivity contribution is 5.72. The molecule has 4 nitrogen and oxygen atoms in total. The van der Waals surface area contributed by atoms with E-state index in [-0.39, 0.29) is 17.8 Å². The highest BCUT2D eigenvalue weighted by Crippen LogP contribution is 2.11. The van der Waals surface area contributed by atoms with Gasteiger partial charge in [0.25, 0.3) is 0 Å². The number of nitrogens with zero attached hydrogens (tertiary/aromatic N) is 1. The monoisotopic (exact) mass is 266 g/mol. The minimum Gasteiger partial charge on any atom is -0.374 e. The molecule has 1 aliphatic rings. The van der Waals surface area contributed by atoms with E-state index in [0.29, 0.717) is 19.7 Å². The first-order valence-corrected chi connectivity index (χ1v) is 6.46. The summed E-state index contributed by atoms with van der Waals surface area (Å²) in [7, 11) is 0. The van der Waals surface area contributed by atoms with E-state index in [1.807, 2.05) is 6.07 Å². The van der Waals surface area contributed by atoms with Gasteiger partial charge in [0.2, 0.25) is 5.91 Å². The molecule has 1 unspecified atom stereocenters. The minimum absolute atomic E-state index is 0.00575. The largest absolute Gasteiger partial charge is 0.374 e. The molecular formula is C14H19FN2O2. The summed E-state index contributed by atoms with van der Waals surface area (Å²) < 4.78 is 18.7. The highest BCUT2D eigenvalue weighted by atomic mass is 19.1. The zero-order valence-electron chi connectivity index (χ0n) is 11.1. The summed E-state index contributed by atoms with van der Waals surface area (Å²) in [6.45, 7) is 4.93. The minimum atomic E-state index is -0.208. The Morgan fingerprint density at radius 3 is 3.16 bits per heavy atom. The van der Waals surface area contributed by atoms with Crippen LogP contribution in [-0.2, 0) is 16.1 Å². The van der Waals surface area contributed by atoms with Gasteiger partial charge in [-0.25, -0.2) is 4.39 Å². The number of nitrogens with one attached hydrogen (secondary N) is 1. The Kier molecular flexibility index (Phi) is 4.87. The number of hydrogen-bond donors (Lipinski definition) is 1. The molecule has 0 bridgehead atoms. The maximum absolute atomic E-state index is 13.1. The Hall–Kier alpha value is -1.46. The first-order valence-electron chi connectivity index (χ1n) is 6.46.